The molecule has 0 spiro atoms. The third-order valence-corrected chi connectivity index (χ3v) is 5.16. The summed E-state index contributed by atoms with van der Waals surface area (Å²) in [5.41, 5.74) is 2.05. The first-order valence-electron chi connectivity index (χ1n) is 10.1. The summed E-state index contributed by atoms with van der Waals surface area (Å²) in [5.74, 6) is -2.12. The third-order valence-electron chi connectivity index (χ3n) is 5.16. The number of hydrogen-bond acceptors (Lipinski definition) is 5. The highest BCUT2D eigenvalue weighted by molar-refractivity contribution is 6.46. The Morgan fingerprint density at radius 3 is 2.26 bits per heavy atom. The molecular weight excluding hydrogens is 398 g/mol. The fourth-order valence-corrected chi connectivity index (χ4v) is 3.64. The lowest BCUT2D eigenvalue weighted by atomic mass is 9.95. The van der Waals surface area contributed by atoms with Gasteiger partial charge in [-0.2, -0.15) is 0 Å². The van der Waals surface area contributed by atoms with Gasteiger partial charge in [0.2, 0.25) is 0 Å². The molecule has 0 bridgehead atoms. The lowest BCUT2D eigenvalue weighted by Crippen LogP contribution is -2.31. The number of carbonyl (C=O) groups excluding carboxylic acids is 2. The SMILES string of the molecule is CCOc1ccc(C2/C(=C(\O)c3ccc(C)cc3)C(=O)C(=O)N2CCCC(=O)O)cc1. The van der Waals surface area contributed by atoms with Gasteiger partial charge >= 0.3 is 5.97 Å². The summed E-state index contributed by atoms with van der Waals surface area (Å²) in [6.07, 6.45) is 0.0669. The zero-order valence-corrected chi connectivity index (χ0v) is 17.5. The van der Waals surface area contributed by atoms with Crippen LogP contribution in [0.4, 0.5) is 0 Å². The number of aliphatic hydroxyl groups excluding tert-OH is 1. The van der Waals surface area contributed by atoms with Crippen LogP contribution in [-0.2, 0) is 14.4 Å². The number of aryl methyl sites for hydroxylation is 1. The quantitative estimate of drug-likeness (QED) is 0.381. The number of ether oxygens (including phenoxy) is 1. The minimum absolute atomic E-state index is 0.00617. The van der Waals surface area contributed by atoms with Crippen molar-refractivity contribution in [2.45, 2.75) is 32.7 Å². The number of likely N-dealkylation sites (tertiary alicyclic amines) is 1. The van der Waals surface area contributed by atoms with Gasteiger partial charge in [-0.05, 0) is 38.0 Å². The second-order valence-corrected chi connectivity index (χ2v) is 7.36. The molecule has 162 valence electrons. The smallest absolute Gasteiger partial charge is 0.303 e. The number of nitrogens with zero attached hydrogens (tertiary/aromatic N) is 1. The zero-order valence-electron chi connectivity index (χ0n) is 17.5. The second-order valence-electron chi connectivity index (χ2n) is 7.36. The van der Waals surface area contributed by atoms with Gasteiger partial charge in [-0.15, -0.1) is 0 Å². The summed E-state index contributed by atoms with van der Waals surface area (Å²) >= 11 is 0. The van der Waals surface area contributed by atoms with Crippen molar-refractivity contribution in [2.24, 2.45) is 0 Å². The van der Waals surface area contributed by atoms with Crippen LogP contribution in [0.15, 0.2) is 54.1 Å². The first-order valence-corrected chi connectivity index (χ1v) is 10.1. The highest BCUT2D eigenvalue weighted by Gasteiger charge is 2.45. The van der Waals surface area contributed by atoms with Crippen molar-refractivity contribution >= 4 is 23.4 Å². The number of carbonyl (C=O) groups is 3. The molecule has 1 unspecified atom stereocenters. The Morgan fingerprint density at radius 1 is 1.03 bits per heavy atom. The molecule has 3 rings (SSSR count). The second kappa shape index (κ2) is 9.47. The molecule has 1 atom stereocenters. The molecule has 2 aromatic rings. The minimum Gasteiger partial charge on any atom is -0.507 e. The molecule has 1 heterocycles. The maximum absolute atomic E-state index is 12.9. The fraction of sp³-hybridized carbons (Fsp3) is 0.292. The van der Waals surface area contributed by atoms with Crippen molar-refractivity contribution in [1.29, 1.82) is 0 Å². The van der Waals surface area contributed by atoms with E-state index in [4.69, 9.17) is 9.84 Å². The van der Waals surface area contributed by atoms with Crippen LogP contribution in [0.5, 0.6) is 5.75 Å². The molecule has 31 heavy (non-hydrogen) atoms. The monoisotopic (exact) mass is 423 g/mol. The molecule has 1 aliphatic rings. The van der Waals surface area contributed by atoms with Crippen LogP contribution in [0.3, 0.4) is 0 Å². The van der Waals surface area contributed by atoms with E-state index in [1.165, 1.54) is 4.90 Å². The number of amides is 1. The summed E-state index contributed by atoms with van der Waals surface area (Å²) in [7, 11) is 0. The highest BCUT2D eigenvalue weighted by atomic mass is 16.5. The number of rotatable bonds is 8. The number of aliphatic carboxylic acids is 1. The molecule has 2 N–H and O–H groups in total. The molecule has 0 radical (unpaired) electrons. The van der Waals surface area contributed by atoms with E-state index >= 15 is 0 Å². The standard InChI is InChI=1S/C24H25NO6/c1-3-31-18-12-10-16(11-13-18)21-20(22(28)17-8-6-15(2)7-9-17)23(29)24(30)25(21)14-4-5-19(26)27/h6-13,21,28H,3-5,14H2,1-2H3,(H,26,27)/b22-20+. The van der Waals surface area contributed by atoms with Crippen molar-refractivity contribution in [3.05, 3.63) is 70.8 Å². The molecule has 1 fully saturated rings. The molecular formula is C24H25NO6. The van der Waals surface area contributed by atoms with Crippen LogP contribution in [0.2, 0.25) is 0 Å². The Bertz CT molecular complexity index is 1010. The number of benzene rings is 2. The van der Waals surface area contributed by atoms with Crippen molar-refractivity contribution < 1.29 is 29.3 Å². The van der Waals surface area contributed by atoms with Crippen molar-refractivity contribution in [1.82, 2.24) is 4.90 Å². The summed E-state index contributed by atoms with van der Waals surface area (Å²) in [6.45, 7) is 4.36. The first kappa shape index (κ1) is 22.1. The van der Waals surface area contributed by atoms with Gasteiger partial charge in [0.25, 0.3) is 11.7 Å². The van der Waals surface area contributed by atoms with Gasteiger partial charge in [-0.1, -0.05) is 42.0 Å². The fourth-order valence-electron chi connectivity index (χ4n) is 3.64. The molecule has 0 saturated carbocycles. The maximum atomic E-state index is 12.9. The van der Waals surface area contributed by atoms with Gasteiger partial charge in [0.15, 0.2) is 0 Å². The first-order chi connectivity index (χ1) is 14.8. The molecule has 0 aliphatic carbocycles. The number of carboxylic acid groups (broad SMARTS) is 1. The van der Waals surface area contributed by atoms with E-state index in [0.717, 1.165) is 5.56 Å². The summed E-state index contributed by atoms with van der Waals surface area (Å²) in [4.78, 5) is 37.9. The van der Waals surface area contributed by atoms with Gasteiger partial charge in [0, 0.05) is 18.5 Å². The van der Waals surface area contributed by atoms with E-state index in [-0.39, 0.29) is 30.7 Å². The number of ketones is 1. The van der Waals surface area contributed by atoms with E-state index in [1.807, 2.05) is 26.0 Å². The lowest BCUT2D eigenvalue weighted by molar-refractivity contribution is -0.140. The van der Waals surface area contributed by atoms with Crippen LogP contribution < -0.4 is 4.74 Å². The molecule has 2 aromatic carbocycles. The zero-order chi connectivity index (χ0) is 22.5. The Balaban J connectivity index is 2.06. The molecule has 7 nitrogen and oxygen atoms in total. The Morgan fingerprint density at radius 2 is 1.68 bits per heavy atom. The predicted octanol–water partition coefficient (Wildman–Crippen LogP) is 3.68. The van der Waals surface area contributed by atoms with E-state index in [1.54, 1.807) is 36.4 Å². The van der Waals surface area contributed by atoms with Crippen molar-refractivity contribution in [3.63, 3.8) is 0 Å². The maximum Gasteiger partial charge on any atom is 0.303 e. The topological polar surface area (TPSA) is 104 Å². The van der Waals surface area contributed by atoms with E-state index in [2.05, 4.69) is 0 Å². The van der Waals surface area contributed by atoms with Crippen LogP contribution in [0, 0.1) is 6.92 Å². The summed E-state index contributed by atoms with van der Waals surface area (Å²) in [6, 6.07) is 13.2. The average molecular weight is 423 g/mol. The van der Waals surface area contributed by atoms with E-state index in [9.17, 15) is 19.5 Å². The van der Waals surface area contributed by atoms with Gasteiger partial charge < -0.3 is 19.8 Å². The van der Waals surface area contributed by atoms with Crippen LogP contribution in [0.1, 0.15) is 42.5 Å². The molecule has 1 amide bonds. The number of hydrogen-bond donors (Lipinski definition) is 2. The van der Waals surface area contributed by atoms with Gasteiger partial charge in [-0.3, -0.25) is 14.4 Å². The summed E-state index contributed by atoms with van der Waals surface area (Å²) in [5, 5.41) is 19.9. The average Bonchev–Trinajstić information content (AvgIpc) is 2.99. The lowest BCUT2D eigenvalue weighted by Gasteiger charge is -2.25. The van der Waals surface area contributed by atoms with E-state index < -0.39 is 23.7 Å². The minimum atomic E-state index is -0.978. The molecule has 1 saturated heterocycles. The van der Waals surface area contributed by atoms with Gasteiger partial charge in [0.1, 0.15) is 11.5 Å². The van der Waals surface area contributed by atoms with Gasteiger partial charge in [-0.25, -0.2) is 0 Å². The Labute approximate surface area is 180 Å². The number of carboxylic acids is 1. The van der Waals surface area contributed by atoms with Crippen LogP contribution in [0.25, 0.3) is 5.76 Å². The number of Topliss-reactive ketones (excluding diaryl/α,β-unsaturated/α-hetero) is 1. The molecule has 7 heteroatoms. The molecule has 1 aliphatic heterocycles. The normalized spacial score (nSPS) is 17.7. The Kier molecular flexibility index (Phi) is 6.74. The van der Waals surface area contributed by atoms with Crippen molar-refractivity contribution in [3.8, 4) is 5.75 Å². The third kappa shape index (κ3) is 4.77. The van der Waals surface area contributed by atoms with Crippen molar-refractivity contribution in [2.75, 3.05) is 13.2 Å². The Hall–Kier alpha value is -3.61. The van der Waals surface area contributed by atoms with Gasteiger partial charge in [0.05, 0.1) is 18.2 Å². The number of aliphatic hydroxyl groups is 1. The highest BCUT2D eigenvalue weighted by Crippen LogP contribution is 2.40. The summed E-state index contributed by atoms with van der Waals surface area (Å²) < 4.78 is 5.46. The van der Waals surface area contributed by atoms with E-state index in [0.29, 0.717) is 23.5 Å². The largest absolute Gasteiger partial charge is 0.507 e. The predicted molar refractivity (Wildman–Crippen MR) is 115 cm³/mol. The van der Waals surface area contributed by atoms with Crippen LogP contribution in [-0.4, -0.2) is 45.9 Å². The van der Waals surface area contributed by atoms with Crippen LogP contribution >= 0.6 is 0 Å². The molecule has 0 aromatic heterocycles.